The number of nitrogens with two attached hydrogens (primary N) is 1. The third-order valence-corrected chi connectivity index (χ3v) is 6.23. The maximum Gasteiger partial charge on any atom is 0.243 e. The second-order valence-electron chi connectivity index (χ2n) is 6.31. The Hall–Kier alpha value is -2.97. The predicted octanol–water partition coefficient (Wildman–Crippen LogP) is 2.86. The van der Waals surface area contributed by atoms with E-state index < -0.39 is 10.0 Å². The second-order valence-corrected chi connectivity index (χ2v) is 8.25. The van der Waals surface area contributed by atoms with Crippen molar-refractivity contribution in [2.75, 3.05) is 5.73 Å². The predicted molar refractivity (Wildman–Crippen MR) is 101 cm³/mol. The molecule has 0 saturated carbocycles. The fourth-order valence-electron chi connectivity index (χ4n) is 2.94. The third kappa shape index (κ3) is 3.36. The van der Waals surface area contributed by atoms with Crippen LogP contribution in [0.5, 0.6) is 11.5 Å². The average molecular weight is 382 g/mol. The van der Waals surface area contributed by atoms with Gasteiger partial charge in [0.2, 0.25) is 16.0 Å². The molecule has 0 spiro atoms. The number of fused-ring (bicyclic) bond motifs is 1. The van der Waals surface area contributed by atoms with Gasteiger partial charge in [-0.3, -0.25) is 0 Å². The van der Waals surface area contributed by atoms with Crippen LogP contribution in [0.3, 0.4) is 0 Å². The summed E-state index contributed by atoms with van der Waals surface area (Å²) in [5.41, 5.74) is 8.00. The normalized spacial score (nSPS) is 14.1. The van der Waals surface area contributed by atoms with Crippen LogP contribution in [-0.2, 0) is 23.1 Å². The number of hydrogen-bond donors (Lipinski definition) is 1. The van der Waals surface area contributed by atoms with Gasteiger partial charge in [-0.1, -0.05) is 18.2 Å². The number of nitrogen functional groups attached to an aromatic ring is 1. The van der Waals surface area contributed by atoms with Crippen LogP contribution in [0.4, 0.5) is 5.95 Å². The maximum atomic E-state index is 12.9. The lowest BCUT2D eigenvalue weighted by molar-refractivity contribution is 0.429. The van der Waals surface area contributed by atoms with Gasteiger partial charge in [-0.05, 0) is 42.8 Å². The average Bonchev–Trinajstić information content (AvgIpc) is 3.08. The molecule has 2 N–H and O–H groups in total. The lowest BCUT2D eigenvalue weighted by Crippen LogP contribution is -2.25. The Balaban J connectivity index is 1.54. The van der Waals surface area contributed by atoms with Crippen LogP contribution in [-0.4, -0.2) is 22.7 Å². The summed E-state index contributed by atoms with van der Waals surface area (Å²) in [7, 11) is -3.65. The molecule has 1 aliphatic heterocycles. The molecule has 0 saturated heterocycles. The van der Waals surface area contributed by atoms with Crippen LogP contribution in [0, 0.1) is 6.92 Å². The Morgan fingerprint density at radius 3 is 2.56 bits per heavy atom. The molecule has 2 heterocycles. The van der Waals surface area contributed by atoms with Crippen molar-refractivity contribution in [3.05, 3.63) is 71.5 Å². The van der Waals surface area contributed by atoms with Crippen LogP contribution in [0.25, 0.3) is 0 Å². The molecule has 2 aromatic carbocycles. The lowest BCUT2D eigenvalue weighted by atomic mass is 10.2. The van der Waals surface area contributed by atoms with Crippen molar-refractivity contribution in [1.82, 2.24) is 14.3 Å². The Morgan fingerprint density at radius 2 is 1.81 bits per heavy atom. The van der Waals surface area contributed by atoms with Crippen LogP contribution in [0.2, 0.25) is 0 Å². The molecule has 138 valence electrons. The minimum absolute atomic E-state index is 0.144. The van der Waals surface area contributed by atoms with Crippen molar-refractivity contribution in [1.29, 1.82) is 0 Å². The van der Waals surface area contributed by atoms with E-state index in [0.717, 1.165) is 16.9 Å². The summed E-state index contributed by atoms with van der Waals surface area (Å²) in [5, 5.41) is 0. The van der Waals surface area contributed by atoms with Crippen molar-refractivity contribution in [2.45, 2.75) is 24.9 Å². The first-order chi connectivity index (χ1) is 12.9. The molecule has 1 aromatic heterocycles. The van der Waals surface area contributed by atoms with Crippen LogP contribution < -0.4 is 10.5 Å². The fraction of sp³-hybridized carbons (Fsp3) is 0.158. The molecule has 0 fully saturated rings. The molecule has 0 aliphatic carbocycles. The molecular weight excluding hydrogens is 364 g/mol. The number of nitrogens with zero attached hydrogens (tertiary/aromatic N) is 3. The van der Waals surface area contributed by atoms with Crippen molar-refractivity contribution in [2.24, 2.45) is 0 Å². The molecule has 4 rings (SSSR count). The zero-order chi connectivity index (χ0) is 19.0. The summed E-state index contributed by atoms with van der Waals surface area (Å²) < 4.78 is 33.0. The molecular formula is C19H18N4O3S. The first-order valence-corrected chi connectivity index (χ1v) is 9.81. The molecule has 27 heavy (non-hydrogen) atoms. The molecule has 1 aliphatic rings. The summed E-state index contributed by atoms with van der Waals surface area (Å²) >= 11 is 0. The highest BCUT2D eigenvalue weighted by molar-refractivity contribution is 7.89. The SMILES string of the molecule is Cc1ccccc1Oc1ccc(S(=O)(=O)N2Cc3cnc(N)nc3C2)cc1. The first kappa shape index (κ1) is 17.4. The molecule has 0 unspecified atom stereocenters. The highest BCUT2D eigenvalue weighted by Gasteiger charge is 2.31. The smallest absolute Gasteiger partial charge is 0.243 e. The number of para-hydroxylation sites is 1. The molecule has 0 bridgehead atoms. The minimum atomic E-state index is -3.65. The minimum Gasteiger partial charge on any atom is -0.457 e. The summed E-state index contributed by atoms with van der Waals surface area (Å²) in [6.45, 7) is 2.38. The quantitative estimate of drug-likeness (QED) is 0.745. The highest BCUT2D eigenvalue weighted by Crippen LogP contribution is 2.30. The van der Waals surface area contributed by atoms with Gasteiger partial charge in [0.1, 0.15) is 11.5 Å². The van der Waals surface area contributed by atoms with E-state index in [9.17, 15) is 8.42 Å². The van der Waals surface area contributed by atoms with Gasteiger partial charge in [0.25, 0.3) is 0 Å². The molecule has 7 nitrogen and oxygen atoms in total. The Labute approximate surface area is 157 Å². The van der Waals surface area contributed by atoms with Crippen molar-refractivity contribution in [3.63, 3.8) is 0 Å². The number of rotatable bonds is 4. The van der Waals surface area contributed by atoms with E-state index in [0.29, 0.717) is 11.4 Å². The van der Waals surface area contributed by atoms with E-state index in [2.05, 4.69) is 9.97 Å². The van der Waals surface area contributed by atoms with E-state index >= 15 is 0 Å². The van der Waals surface area contributed by atoms with Crippen molar-refractivity contribution < 1.29 is 13.2 Å². The van der Waals surface area contributed by atoms with Crippen molar-refractivity contribution in [3.8, 4) is 11.5 Å². The lowest BCUT2D eigenvalue weighted by Gasteiger charge is -2.16. The molecule has 8 heteroatoms. The Morgan fingerprint density at radius 1 is 1.07 bits per heavy atom. The van der Waals surface area contributed by atoms with Crippen LogP contribution in [0.1, 0.15) is 16.8 Å². The topological polar surface area (TPSA) is 98.4 Å². The second kappa shape index (κ2) is 6.64. The fourth-order valence-corrected chi connectivity index (χ4v) is 4.32. The third-order valence-electron chi connectivity index (χ3n) is 4.43. The molecule has 0 radical (unpaired) electrons. The van der Waals surface area contributed by atoms with E-state index in [4.69, 9.17) is 10.5 Å². The largest absolute Gasteiger partial charge is 0.457 e. The number of ether oxygens (including phenoxy) is 1. The van der Waals surface area contributed by atoms with E-state index in [1.165, 1.54) is 4.31 Å². The monoisotopic (exact) mass is 382 g/mol. The van der Waals surface area contributed by atoms with Gasteiger partial charge in [-0.15, -0.1) is 0 Å². The first-order valence-electron chi connectivity index (χ1n) is 8.37. The summed E-state index contributed by atoms with van der Waals surface area (Å²) in [6.07, 6.45) is 1.58. The zero-order valence-corrected chi connectivity index (χ0v) is 15.5. The number of aryl methyl sites for hydroxylation is 1. The van der Waals surface area contributed by atoms with Crippen LogP contribution in [0.15, 0.2) is 59.6 Å². The van der Waals surface area contributed by atoms with Gasteiger partial charge >= 0.3 is 0 Å². The summed E-state index contributed by atoms with van der Waals surface area (Å²) in [6, 6.07) is 14.0. The van der Waals surface area contributed by atoms with E-state index in [-0.39, 0.29) is 23.9 Å². The number of hydrogen-bond acceptors (Lipinski definition) is 6. The number of anilines is 1. The highest BCUT2D eigenvalue weighted by atomic mass is 32.2. The van der Waals surface area contributed by atoms with E-state index in [1.54, 1.807) is 30.5 Å². The van der Waals surface area contributed by atoms with Crippen molar-refractivity contribution >= 4 is 16.0 Å². The number of aromatic nitrogens is 2. The summed E-state index contributed by atoms with van der Waals surface area (Å²) in [5.74, 6) is 1.46. The summed E-state index contributed by atoms with van der Waals surface area (Å²) in [4.78, 5) is 8.25. The molecule has 0 atom stereocenters. The van der Waals surface area contributed by atoms with Gasteiger partial charge in [0.15, 0.2) is 0 Å². The van der Waals surface area contributed by atoms with E-state index in [1.807, 2.05) is 31.2 Å². The van der Waals surface area contributed by atoms with Gasteiger partial charge in [0, 0.05) is 18.3 Å². The van der Waals surface area contributed by atoms with Gasteiger partial charge in [-0.2, -0.15) is 4.31 Å². The number of sulfonamides is 1. The van der Waals surface area contributed by atoms with Gasteiger partial charge in [-0.25, -0.2) is 18.4 Å². The standard InChI is InChI=1S/C19H18N4O3S/c1-13-4-2-3-5-18(13)26-15-6-8-16(9-7-15)27(24,25)23-11-14-10-21-19(20)22-17(14)12-23/h2-10H,11-12H2,1H3,(H2,20,21,22). The van der Waals surface area contributed by atoms with Gasteiger partial charge < -0.3 is 10.5 Å². The maximum absolute atomic E-state index is 12.9. The van der Waals surface area contributed by atoms with Gasteiger partial charge in [0.05, 0.1) is 17.1 Å². The molecule has 3 aromatic rings. The van der Waals surface area contributed by atoms with Crippen LogP contribution >= 0.6 is 0 Å². The Kier molecular flexibility index (Phi) is 4.29. The molecule has 0 amide bonds. The number of benzene rings is 2. The zero-order valence-electron chi connectivity index (χ0n) is 14.7. The Bertz CT molecular complexity index is 1100.